The minimum absolute atomic E-state index is 0.0188. The van der Waals surface area contributed by atoms with Crippen LogP contribution in [0.25, 0.3) is 0 Å². The van der Waals surface area contributed by atoms with Crippen LogP contribution < -0.4 is 0 Å². The molecule has 2 rings (SSSR count). The van der Waals surface area contributed by atoms with Gasteiger partial charge in [0.1, 0.15) is 5.76 Å². The fourth-order valence-electron chi connectivity index (χ4n) is 2.31. The number of methoxy groups -OCH3 is 1. The largest absolute Gasteiger partial charge is 0.463 e. The zero-order valence-electron chi connectivity index (χ0n) is 10.1. The highest BCUT2D eigenvalue weighted by molar-refractivity contribution is 5.88. The van der Waals surface area contributed by atoms with Gasteiger partial charge in [0.2, 0.25) is 5.76 Å². The van der Waals surface area contributed by atoms with Crippen LogP contribution in [0.1, 0.15) is 33.9 Å². The fourth-order valence-corrected chi connectivity index (χ4v) is 2.31. The van der Waals surface area contributed by atoms with Gasteiger partial charge in [-0.15, -0.1) is 0 Å². The number of furan rings is 1. The second-order valence-electron chi connectivity index (χ2n) is 4.43. The van der Waals surface area contributed by atoms with Gasteiger partial charge in [-0.1, -0.05) is 0 Å². The van der Waals surface area contributed by atoms with Gasteiger partial charge in [-0.05, 0) is 25.3 Å². The Kier molecular flexibility index (Phi) is 3.12. The lowest BCUT2D eigenvalue weighted by Gasteiger charge is -2.23. The van der Waals surface area contributed by atoms with Crippen LogP contribution in [0.15, 0.2) is 4.42 Å². The fraction of sp³-hybridized carbons (Fsp3) is 0.583. The molecule has 0 amide bonds. The van der Waals surface area contributed by atoms with Crippen molar-refractivity contribution >= 4 is 5.97 Å². The molecular formula is C12H13F3O3. The van der Waals surface area contributed by atoms with E-state index in [0.29, 0.717) is 5.56 Å². The highest BCUT2D eigenvalue weighted by atomic mass is 19.4. The second kappa shape index (κ2) is 4.33. The van der Waals surface area contributed by atoms with Crippen LogP contribution in [0.5, 0.6) is 0 Å². The Morgan fingerprint density at radius 3 is 2.67 bits per heavy atom. The molecule has 0 bridgehead atoms. The topological polar surface area (TPSA) is 39.4 Å². The molecule has 1 heterocycles. The van der Waals surface area contributed by atoms with Gasteiger partial charge < -0.3 is 9.15 Å². The van der Waals surface area contributed by atoms with Crippen molar-refractivity contribution in [3.63, 3.8) is 0 Å². The van der Waals surface area contributed by atoms with Crippen LogP contribution in [0.3, 0.4) is 0 Å². The lowest BCUT2D eigenvalue weighted by molar-refractivity contribution is -0.178. The molecule has 1 aromatic rings. The minimum Gasteiger partial charge on any atom is -0.463 e. The van der Waals surface area contributed by atoms with E-state index in [1.807, 2.05) is 0 Å². The van der Waals surface area contributed by atoms with E-state index in [1.165, 1.54) is 7.11 Å². The maximum absolute atomic E-state index is 12.6. The third-order valence-corrected chi connectivity index (χ3v) is 3.36. The van der Waals surface area contributed by atoms with Crippen molar-refractivity contribution in [1.82, 2.24) is 0 Å². The monoisotopic (exact) mass is 262 g/mol. The summed E-state index contributed by atoms with van der Waals surface area (Å²) < 4.78 is 47.7. The number of carbonyl (C=O) groups excluding carboxylic acids is 1. The molecule has 1 aliphatic rings. The van der Waals surface area contributed by atoms with Crippen LogP contribution in [-0.2, 0) is 17.6 Å². The van der Waals surface area contributed by atoms with Gasteiger partial charge in [0.15, 0.2) is 0 Å². The van der Waals surface area contributed by atoms with Gasteiger partial charge >= 0.3 is 12.1 Å². The molecule has 0 spiro atoms. The van der Waals surface area contributed by atoms with Crippen molar-refractivity contribution < 1.29 is 27.1 Å². The Labute approximate surface area is 102 Å². The molecule has 1 aromatic heterocycles. The number of halogens is 3. The maximum Gasteiger partial charge on any atom is 0.392 e. The van der Waals surface area contributed by atoms with Gasteiger partial charge in [-0.3, -0.25) is 0 Å². The molecule has 6 heteroatoms. The number of alkyl halides is 3. The minimum atomic E-state index is -4.22. The summed E-state index contributed by atoms with van der Waals surface area (Å²) in [5, 5.41) is 0. The smallest absolute Gasteiger partial charge is 0.392 e. The predicted octanol–water partition coefficient (Wildman–Crippen LogP) is 3.04. The summed E-state index contributed by atoms with van der Waals surface area (Å²) in [5.41, 5.74) is 1.31. The van der Waals surface area contributed by atoms with Crippen LogP contribution in [0.4, 0.5) is 13.2 Å². The SMILES string of the molecule is COC(=O)c1oc2c(c1C)CC[C@@H](C(F)(F)F)C2. The van der Waals surface area contributed by atoms with Gasteiger partial charge in [0.05, 0.1) is 13.0 Å². The molecule has 3 nitrogen and oxygen atoms in total. The predicted molar refractivity (Wildman–Crippen MR) is 56.4 cm³/mol. The first-order chi connectivity index (χ1) is 8.34. The van der Waals surface area contributed by atoms with Gasteiger partial charge in [-0.2, -0.15) is 13.2 Å². The number of carbonyl (C=O) groups is 1. The van der Waals surface area contributed by atoms with E-state index in [-0.39, 0.29) is 30.8 Å². The molecule has 1 atom stereocenters. The summed E-state index contributed by atoms with van der Waals surface area (Å²) in [6.45, 7) is 1.67. The van der Waals surface area contributed by atoms with E-state index in [2.05, 4.69) is 4.74 Å². The van der Waals surface area contributed by atoms with Gasteiger partial charge in [-0.25, -0.2) is 4.79 Å². The van der Waals surface area contributed by atoms with E-state index in [1.54, 1.807) is 6.92 Å². The van der Waals surface area contributed by atoms with Crippen molar-refractivity contribution in [2.45, 2.75) is 32.4 Å². The molecular weight excluding hydrogens is 249 g/mol. The molecule has 0 saturated carbocycles. The molecule has 0 radical (unpaired) electrons. The Hall–Kier alpha value is -1.46. The van der Waals surface area contributed by atoms with Gasteiger partial charge in [0, 0.05) is 12.0 Å². The van der Waals surface area contributed by atoms with E-state index >= 15 is 0 Å². The quantitative estimate of drug-likeness (QED) is 0.730. The average molecular weight is 262 g/mol. The third kappa shape index (κ3) is 2.11. The summed E-state index contributed by atoms with van der Waals surface area (Å²) in [7, 11) is 1.21. The van der Waals surface area contributed by atoms with Gasteiger partial charge in [0.25, 0.3) is 0 Å². The van der Waals surface area contributed by atoms with Crippen LogP contribution >= 0.6 is 0 Å². The van der Waals surface area contributed by atoms with Crippen molar-refractivity contribution in [3.8, 4) is 0 Å². The molecule has 0 N–H and O–H groups in total. The number of ether oxygens (including phenoxy) is 1. The highest BCUT2D eigenvalue weighted by Gasteiger charge is 2.43. The van der Waals surface area contributed by atoms with E-state index in [0.717, 1.165) is 5.56 Å². The second-order valence-corrected chi connectivity index (χ2v) is 4.43. The van der Waals surface area contributed by atoms with Crippen molar-refractivity contribution in [3.05, 3.63) is 22.6 Å². The first-order valence-electron chi connectivity index (χ1n) is 5.60. The van der Waals surface area contributed by atoms with Crippen molar-refractivity contribution in [1.29, 1.82) is 0 Å². The number of esters is 1. The molecule has 18 heavy (non-hydrogen) atoms. The summed E-state index contributed by atoms with van der Waals surface area (Å²) in [6.07, 6.45) is -4.09. The standard InChI is InChI=1S/C12H13F3O3/c1-6-8-4-3-7(12(13,14)15)5-9(8)18-10(6)11(16)17-2/h7H,3-5H2,1-2H3/t7-/m1/s1. The van der Waals surface area contributed by atoms with E-state index in [4.69, 9.17) is 4.42 Å². The number of hydrogen-bond donors (Lipinski definition) is 0. The number of hydrogen-bond acceptors (Lipinski definition) is 3. The summed E-state index contributed by atoms with van der Waals surface area (Å²) >= 11 is 0. The number of rotatable bonds is 1. The van der Waals surface area contributed by atoms with Crippen LogP contribution in [0.2, 0.25) is 0 Å². The normalized spacial score (nSPS) is 19.5. The Morgan fingerprint density at radius 2 is 2.11 bits per heavy atom. The Balaban J connectivity index is 2.32. The van der Waals surface area contributed by atoms with Crippen LogP contribution in [-0.4, -0.2) is 19.3 Å². The first kappa shape index (κ1) is 13.0. The zero-order valence-corrected chi connectivity index (χ0v) is 10.1. The van der Waals surface area contributed by atoms with E-state index in [9.17, 15) is 18.0 Å². The van der Waals surface area contributed by atoms with E-state index < -0.39 is 18.1 Å². The molecule has 0 unspecified atom stereocenters. The number of fused-ring (bicyclic) bond motifs is 1. The average Bonchev–Trinajstić information content (AvgIpc) is 2.64. The zero-order chi connectivity index (χ0) is 13.5. The summed E-state index contributed by atoms with van der Waals surface area (Å²) in [5.74, 6) is -1.75. The van der Waals surface area contributed by atoms with Crippen molar-refractivity contribution in [2.24, 2.45) is 5.92 Å². The summed E-state index contributed by atoms with van der Waals surface area (Å²) in [6, 6.07) is 0. The molecule has 1 aliphatic carbocycles. The Morgan fingerprint density at radius 1 is 1.44 bits per heavy atom. The molecule has 0 aromatic carbocycles. The third-order valence-electron chi connectivity index (χ3n) is 3.36. The van der Waals surface area contributed by atoms with Crippen LogP contribution in [0, 0.1) is 12.8 Å². The maximum atomic E-state index is 12.6. The molecule has 0 saturated heterocycles. The Bertz CT molecular complexity index is 474. The lowest BCUT2D eigenvalue weighted by Crippen LogP contribution is -2.28. The molecule has 0 fully saturated rings. The van der Waals surface area contributed by atoms with Crippen molar-refractivity contribution in [2.75, 3.05) is 7.11 Å². The molecule has 0 aliphatic heterocycles. The summed E-state index contributed by atoms with van der Waals surface area (Å²) in [4.78, 5) is 11.4. The highest BCUT2D eigenvalue weighted by Crippen LogP contribution is 2.39. The lowest BCUT2D eigenvalue weighted by atomic mass is 9.86. The first-order valence-corrected chi connectivity index (χ1v) is 5.60. The molecule has 100 valence electrons.